The first-order chi connectivity index (χ1) is 28.3. The molecule has 2 aliphatic rings. The molecule has 2 aromatic heterocycles. The number of aliphatic imine (C=N–C) groups is 1. The molecule has 5 heteroatoms. The summed E-state index contributed by atoms with van der Waals surface area (Å²) in [5.41, 5.74) is 12.7. The fourth-order valence-electron chi connectivity index (χ4n) is 8.97. The van der Waals surface area contributed by atoms with Crippen LogP contribution in [0.25, 0.3) is 81.8 Å². The zero-order chi connectivity index (χ0) is 37.5. The molecule has 0 saturated heterocycles. The van der Waals surface area contributed by atoms with Crippen LogP contribution in [0.15, 0.2) is 205 Å². The highest BCUT2D eigenvalue weighted by Crippen LogP contribution is 2.46. The summed E-state index contributed by atoms with van der Waals surface area (Å²) >= 11 is 1.86. The molecule has 2 aliphatic heterocycles. The lowest BCUT2D eigenvalue weighted by Crippen LogP contribution is -2.39. The van der Waals surface area contributed by atoms with Gasteiger partial charge in [-0.15, -0.1) is 0 Å². The van der Waals surface area contributed by atoms with Crippen molar-refractivity contribution in [1.82, 2.24) is 14.5 Å². The number of nitrogens with zero attached hydrogens (tertiary/aromatic N) is 3. The minimum absolute atomic E-state index is 0.00896. The Hall–Kier alpha value is -7.08. The first-order valence-electron chi connectivity index (χ1n) is 19.4. The third-order valence-corrected chi connectivity index (χ3v) is 12.8. The maximum absolute atomic E-state index is 5.52. The molecule has 1 N–H and O–H groups in total. The minimum Gasteiger partial charge on any atom is -0.339 e. The number of para-hydroxylation sites is 2. The summed E-state index contributed by atoms with van der Waals surface area (Å²) in [6.45, 7) is 0. The van der Waals surface area contributed by atoms with E-state index in [9.17, 15) is 0 Å². The van der Waals surface area contributed by atoms with Crippen molar-refractivity contribution >= 4 is 82.7 Å². The van der Waals surface area contributed by atoms with E-state index < -0.39 is 0 Å². The summed E-state index contributed by atoms with van der Waals surface area (Å²) in [5, 5.41) is 11.2. The number of benzene rings is 8. The normalized spacial score (nSPS) is 15.4. The maximum atomic E-state index is 5.52. The third-order valence-electron chi connectivity index (χ3n) is 11.5. The van der Waals surface area contributed by atoms with Crippen molar-refractivity contribution in [2.45, 2.75) is 5.37 Å². The van der Waals surface area contributed by atoms with Gasteiger partial charge in [-0.2, -0.15) is 0 Å². The highest BCUT2D eigenvalue weighted by atomic mass is 32.2. The molecule has 1 unspecified atom stereocenters. The molecule has 0 fully saturated rings. The SMILES string of the molecule is C1=C(c2ccccc2)SC2NC(n3c4ccc(-c5cccc6c5c5ccccc5n6-c5ccccc5)cc4c4cc5ccccc5cc43)=NC(c3ccccc3)=C12. The van der Waals surface area contributed by atoms with Gasteiger partial charge < -0.3 is 9.88 Å². The Morgan fingerprint density at radius 1 is 0.474 bits per heavy atom. The zero-order valence-corrected chi connectivity index (χ0v) is 31.6. The highest BCUT2D eigenvalue weighted by Gasteiger charge is 2.33. The number of rotatable bonds is 4. The molecule has 1 atom stereocenters. The van der Waals surface area contributed by atoms with Gasteiger partial charge in [0.2, 0.25) is 5.96 Å². The van der Waals surface area contributed by atoms with Crippen molar-refractivity contribution in [3.8, 4) is 16.8 Å². The molecule has 268 valence electrons. The van der Waals surface area contributed by atoms with Crippen molar-refractivity contribution in [2.75, 3.05) is 0 Å². The second-order valence-electron chi connectivity index (χ2n) is 14.8. The first kappa shape index (κ1) is 32.2. The Morgan fingerprint density at radius 3 is 1.93 bits per heavy atom. The summed E-state index contributed by atoms with van der Waals surface area (Å²) < 4.78 is 4.74. The number of fused-ring (bicyclic) bond motifs is 8. The van der Waals surface area contributed by atoms with E-state index in [1.807, 2.05) is 11.8 Å². The lowest BCUT2D eigenvalue weighted by Gasteiger charge is -2.26. The molecular weight excluding hydrogens is 713 g/mol. The highest BCUT2D eigenvalue weighted by molar-refractivity contribution is 8.09. The van der Waals surface area contributed by atoms with Gasteiger partial charge in [0.25, 0.3) is 0 Å². The Morgan fingerprint density at radius 2 is 1.12 bits per heavy atom. The van der Waals surface area contributed by atoms with Gasteiger partial charge in [0.15, 0.2) is 0 Å². The van der Waals surface area contributed by atoms with Crippen LogP contribution in [0.2, 0.25) is 0 Å². The van der Waals surface area contributed by atoms with Gasteiger partial charge in [-0.1, -0.05) is 151 Å². The van der Waals surface area contributed by atoms with E-state index >= 15 is 0 Å². The van der Waals surface area contributed by atoms with Crippen molar-refractivity contribution < 1.29 is 0 Å². The van der Waals surface area contributed by atoms with Gasteiger partial charge >= 0.3 is 0 Å². The fraction of sp³-hybridized carbons (Fsp3) is 0.0192. The zero-order valence-electron chi connectivity index (χ0n) is 30.8. The average Bonchev–Trinajstić information content (AvgIpc) is 3.96. The molecule has 0 aliphatic carbocycles. The van der Waals surface area contributed by atoms with Gasteiger partial charge in [-0.05, 0) is 82.1 Å². The topological polar surface area (TPSA) is 34.2 Å². The molecule has 0 radical (unpaired) electrons. The van der Waals surface area contributed by atoms with Crippen LogP contribution in [0, 0.1) is 0 Å². The quantitative estimate of drug-likeness (QED) is 0.195. The Bertz CT molecular complexity index is 3330. The fourth-order valence-corrected chi connectivity index (χ4v) is 10.2. The summed E-state index contributed by atoms with van der Waals surface area (Å²) in [5.74, 6) is 0.828. The molecule has 4 nitrogen and oxygen atoms in total. The number of nitrogens with one attached hydrogen (secondary N) is 1. The molecule has 10 aromatic rings. The predicted molar refractivity (Wildman–Crippen MR) is 242 cm³/mol. The smallest absolute Gasteiger partial charge is 0.209 e. The first-order valence-corrected chi connectivity index (χ1v) is 20.3. The second kappa shape index (κ2) is 12.7. The van der Waals surface area contributed by atoms with Crippen LogP contribution in [-0.2, 0) is 0 Å². The van der Waals surface area contributed by atoms with E-state index in [4.69, 9.17) is 4.99 Å². The van der Waals surface area contributed by atoms with Gasteiger partial charge in [-0.3, -0.25) is 4.57 Å². The van der Waals surface area contributed by atoms with Crippen LogP contribution in [-0.4, -0.2) is 20.5 Å². The average molecular weight is 747 g/mol. The van der Waals surface area contributed by atoms with Crippen molar-refractivity contribution in [3.05, 3.63) is 211 Å². The van der Waals surface area contributed by atoms with Crippen LogP contribution in [0.4, 0.5) is 0 Å². The van der Waals surface area contributed by atoms with Gasteiger partial charge in [0, 0.05) is 43.3 Å². The monoisotopic (exact) mass is 746 g/mol. The summed E-state index contributed by atoms with van der Waals surface area (Å²) in [6.07, 6.45) is 2.32. The van der Waals surface area contributed by atoms with Gasteiger partial charge in [-0.25, -0.2) is 4.99 Å². The van der Waals surface area contributed by atoms with E-state index in [-0.39, 0.29) is 5.37 Å². The summed E-state index contributed by atoms with van der Waals surface area (Å²) in [6, 6.07) is 67.8. The number of hydrogen-bond acceptors (Lipinski definition) is 3. The second-order valence-corrected chi connectivity index (χ2v) is 15.9. The molecule has 0 amide bonds. The molecule has 57 heavy (non-hydrogen) atoms. The maximum Gasteiger partial charge on any atom is 0.209 e. The van der Waals surface area contributed by atoms with E-state index in [1.165, 1.54) is 70.5 Å². The Labute approximate surface area is 333 Å². The van der Waals surface area contributed by atoms with Crippen molar-refractivity contribution in [1.29, 1.82) is 0 Å². The predicted octanol–water partition coefficient (Wildman–Crippen LogP) is 13.0. The van der Waals surface area contributed by atoms with Crippen LogP contribution in [0.1, 0.15) is 11.1 Å². The summed E-state index contributed by atoms with van der Waals surface area (Å²) in [7, 11) is 0. The molecule has 0 bridgehead atoms. The van der Waals surface area contributed by atoms with E-state index in [0.717, 1.165) is 33.9 Å². The van der Waals surface area contributed by atoms with E-state index in [2.05, 4.69) is 209 Å². The van der Waals surface area contributed by atoms with Gasteiger partial charge in [0.05, 0.1) is 27.8 Å². The van der Waals surface area contributed by atoms with Crippen molar-refractivity contribution in [3.63, 3.8) is 0 Å². The van der Waals surface area contributed by atoms with Crippen LogP contribution >= 0.6 is 11.8 Å². The summed E-state index contributed by atoms with van der Waals surface area (Å²) in [4.78, 5) is 6.76. The van der Waals surface area contributed by atoms with Crippen LogP contribution in [0.3, 0.4) is 0 Å². The lowest BCUT2D eigenvalue weighted by molar-refractivity contribution is 0.892. The van der Waals surface area contributed by atoms with Crippen LogP contribution < -0.4 is 5.32 Å². The number of hydrogen-bond donors (Lipinski definition) is 1. The minimum atomic E-state index is 0.00896. The standard InChI is InChI=1S/C52H34N4S/c1-4-15-33(16-5-1)48-32-43-50(34-17-6-2-7-18-34)53-52(54-51(43)57-48)56-45-28-27-37(30-41(45)42-29-35-19-10-11-20-36(35)31-47(42)56)39-24-14-26-46-49(39)40-23-12-13-25-44(40)55(46)38-21-8-3-9-22-38/h1-32,51H,(H,53,54). The molecule has 0 saturated carbocycles. The largest absolute Gasteiger partial charge is 0.339 e. The number of thioether (sulfide) groups is 1. The number of aromatic nitrogens is 2. The van der Waals surface area contributed by atoms with Crippen LogP contribution in [0.5, 0.6) is 0 Å². The lowest BCUT2D eigenvalue weighted by atomic mass is 9.97. The molecule has 4 heterocycles. The Balaban J connectivity index is 1.09. The molecule has 12 rings (SSSR count). The molecule has 0 spiro atoms. The molecule has 8 aromatic carbocycles. The van der Waals surface area contributed by atoms with Gasteiger partial charge in [0.1, 0.15) is 5.37 Å². The third kappa shape index (κ3) is 5.06. The van der Waals surface area contributed by atoms with Crippen molar-refractivity contribution in [2.24, 2.45) is 4.99 Å². The van der Waals surface area contributed by atoms with E-state index in [0.29, 0.717) is 0 Å². The Kier molecular flexibility index (Phi) is 7.19. The van der Waals surface area contributed by atoms with E-state index in [1.54, 1.807) is 0 Å². The molecular formula is C52H34N4S.